The summed E-state index contributed by atoms with van der Waals surface area (Å²) >= 11 is 6.16. The first-order valence-corrected chi connectivity index (χ1v) is 12.5. The molecule has 1 heterocycles. The van der Waals surface area contributed by atoms with Crippen molar-refractivity contribution in [3.8, 4) is 5.75 Å². The minimum atomic E-state index is -0.307. The first-order chi connectivity index (χ1) is 16.9. The maximum absolute atomic E-state index is 12.9. The molecule has 0 aromatic heterocycles. The van der Waals surface area contributed by atoms with Crippen LogP contribution in [0.3, 0.4) is 0 Å². The SMILES string of the molecule is COc1ccc2c(c1)C(c1ccc(Cl)cc1)=N[C@@H](CC(=O)NCCCCCN)C(C)N2C(C)NN. The fourth-order valence-corrected chi connectivity index (χ4v) is 4.56. The van der Waals surface area contributed by atoms with E-state index in [1.165, 1.54) is 0 Å². The second kappa shape index (κ2) is 12.9. The molecule has 190 valence electrons. The van der Waals surface area contributed by atoms with Crippen molar-refractivity contribution in [1.29, 1.82) is 0 Å². The number of carbonyl (C=O) groups excluding carboxylic acids is 1. The number of unbranched alkanes of at least 4 members (excludes halogenated alkanes) is 2. The topological polar surface area (TPSA) is 118 Å². The number of anilines is 1. The minimum absolute atomic E-state index is 0.0225. The predicted molar refractivity (Wildman–Crippen MR) is 143 cm³/mol. The van der Waals surface area contributed by atoms with Crippen molar-refractivity contribution in [3.63, 3.8) is 0 Å². The normalized spacial score (nSPS) is 18.3. The van der Waals surface area contributed by atoms with Crippen molar-refractivity contribution >= 4 is 28.9 Å². The minimum Gasteiger partial charge on any atom is -0.497 e. The van der Waals surface area contributed by atoms with E-state index in [0.717, 1.165) is 47.5 Å². The number of halogens is 1. The lowest BCUT2D eigenvalue weighted by Gasteiger charge is -2.38. The van der Waals surface area contributed by atoms with E-state index in [2.05, 4.69) is 22.6 Å². The molecule has 2 aromatic carbocycles. The number of benzene rings is 2. The van der Waals surface area contributed by atoms with E-state index in [-0.39, 0.29) is 30.6 Å². The van der Waals surface area contributed by atoms with Crippen LogP contribution in [0.15, 0.2) is 47.5 Å². The highest BCUT2D eigenvalue weighted by Crippen LogP contribution is 2.35. The Labute approximate surface area is 213 Å². The lowest BCUT2D eigenvalue weighted by Crippen LogP contribution is -2.54. The zero-order valence-electron chi connectivity index (χ0n) is 20.8. The van der Waals surface area contributed by atoms with Gasteiger partial charge in [-0.25, -0.2) is 5.43 Å². The molecule has 0 fully saturated rings. The number of ether oxygens (including phenoxy) is 1. The van der Waals surface area contributed by atoms with Gasteiger partial charge in [0.2, 0.25) is 5.91 Å². The maximum Gasteiger partial charge on any atom is 0.222 e. The number of carbonyl (C=O) groups is 1. The molecule has 0 spiro atoms. The predicted octanol–water partition coefficient (Wildman–Crippen LogP) is 3.21. The highest BCUT2D eigenvalue weighted by molar-refractivity contribution is 6.30. The molecule has 3 atom stereocenters. The number of nitrogens with zero attached hydrogens (tertiary/aromatic N) is 2. The summed E-state index contributed by atoms with van der Waals surface area (Å²) in [6.07, 6.45) is 2.94. The molecule has 6 N–H and O–H groups in total. The quantitative estimate of drug-likeness (QED) is 0.214. The maximum atomic E-state index is 12.9. The summed E-state index contributed by atoms with van der Waals surface area (Å²) in [4.78, 5) is 20.3. The molecule has 0 radical (unpaired) electrons. The number of nitrogens with two attached hydrogens (primary N) is 2. The standard InChI is InChI=1S/C26H37ClN6O2/c1-17-23(16-25(34)30-14-6-4-5-13-28)31-26(19-7-9-20(27)10-8-19)22-15-21(35-3)11-12-24(22)33(17)18(2)32-29/h7-12,15,17-18,23,32H,4-6,13-14,16,28-29H2,1-3H3,(H,30,34)/t17?,18?,23-/m0/s1. The number of aliphatic imine (C=N–C) groups is 1. The van der Waals surface area contributed by atoms with Crippen molar-refractivity contribution in [2.45, 2.75) is 57.8 Å². The van der Waals surface area contributed by atoms with E-state index in [1.54, 1.807) is 7.11 Å². The Bertz CT molecular complexity index is 1010. The van der Waals surface area contributed by atoms with Crippen LogP contribution in [0, 0.1) is 0 Å². The van der Waals surface area contributed by atoms with Gasteiger partial charge >= 0.3 is 0 Å². The Morgan fingerprint density at radius 3 is 2.60 bits per heavy atom. The van der Waals surface area contributed by atoms with Gasteiger partial charge in [-0.15, -0.1) is 0 Å². The monoisotopic (exact) mass is 500 g/mol. The van der Waals surface area contributed by atoms with Crippen LogP contribution in [0.1, 0.15) is 50.7 Å². The lowest BCUT2D eigenvalue weighted by molar-refractivity contribution is -0.121. The first-order valence-electron chi connectivity index (χ1n) is 12.1. The molecule has 35 heavy (non-hydrogen) atoms. The molecule has 1 amide bonds. The van der Waals surface area contributed by atoms with Gasteiger partial charge in [0.15, 0.2) is 0 Å². The fraction of sp³-hybridized carbons (Fsp3) is 0.462. The van der Waals surface area contributed by atoms with Gasteiger partial charge in [-0.05, 0) is 63.6 Å². The van der Waals surface area contributed by atoms with E-state index < -0.39 is 0 Å². The van der Waals surface area contributed by atoms with E-state index in [0.29, 0.717) is 18.1 Å². The van der Waals surface area contributed by atoms with Crippen LogP contribution in [0.4, 0.5) is 5.69 Å². The molecule has 9 heteroatoms. The fourth-order valence-electron chi connectivity index (χ4n) is 4.44. The number of nitrogens with one attached hydrogen (secondary N) is 2. The molecule has 1 aliphatic heterocycles. The molecular formula is C26H37ClN6O2. The average Bonchev–Trinajstić information content (AvgIpc) is 2.98. The Hall–Kier alpha value is -2.65. The van der Waals surface area contributed by atoms with Crippen LogP contribution in [0.25, 0.3) is 0 Å². The smallest absolute Gasteiger partial charge is 0.222 e. The summed E-state index contributed by atoms with van der Waals surface area (Å²) in [6, 6.07) is 13.1. The Morgan fingerprint density at radius 1 is 1.20 bits per heavy atom. The van der Waals surface area contributed by atoms with E-state index in [4.69, 9.17) is 32.9 Å². The second-order valence-corrected chi connectivity index (χ2v) is 9.27. The lowest BCUT2D eigenvalue weighted by atomic mass is 9.99. The number of hydrogen-bond acceptors (Lipinski definition) is 7. The molecule has 0 bridgehead atoms. The Balaban J connectivity index is 2.02. The molecular weight excluding hydrogens is 464 g/mol. The Morgan fingerprint density at radius 2 is 1.94 bits per heavy atom. The van der Waals surface area contributed by atoms with Crippen LogP contribution in [-0.4, -0.2) is 50.1 Å². The molecule has 2 unspecified atom stereocenters. The Kier molecular flexibility index (Phi) is 9.92. The molecule has 1 aliphatic rings. The van der Waals surface area contributed by atoms with E-state index in [9.17, 15) is 4.79 Å². The number of fused-ring (bicyclic) bond motifs is 1. The zero-order chi connectivity index (χ0) is 25.4. The third-order valence-corrected chi connectivity index (χ3v) is 6.65. The van der Waals surface area contributed by atoms with Crippen molar-refractivity contribution in [2.75, 3.05) is 25.1 Å². The van der Waals surface area contributed by atoms with Crippen LogP contribution >= 0.6 is 11.6 Å². The highest BCUT2D eigenvalue weighted by Gasteiger charge is 2.34. The number of benzodiazepines with no additional fused rings is 1. The first kappa shape index (κ1) is 26.9. The van der Waals surface area contributed by atoms with Gasteiger partial charge in [-0.1, -0.05) is 30.2 Å². The summed E-state index contributed by atoms with van der Waals surface area (Å²) in [5.41, 5.74) is 12.0. The summed E-state index contributed by atoms with van der Waals surface area (Å²) in [5, 5.41) is 3.69. The number of rotatable bonds is 11. The summed E-state index contributed by atoms with van der Waals surface area (Å²) < 4.78 is 5.53. The van der Waals surface area contributed by atoms with Gasteiger partial charge in [-0.3, -0.25) is 15.6 Å². The second-order valence-electron chi connectivity index (χ2n) is 8.83. The largest absolute Gasteiger partial charge is 0.497 e. The summed E-state index contributed by atoms with van der Waals surface area (Å²) in [7, 11) is 1.64. The van der Waals surface area contributed by atoms with Crippen LogP contribution in [0.2, 0.25) is 5.02 Å². The number of amides is 1. The van der Waals surface area contributed by atoms with Gasteiger partial charge < -0.3 is 20.7 Å². The highest BCUT2D eigenvalue weighted by atomic mass is 35.5. The van der Waals surface area contributed by atoms with Crippen LogP contribution in [0.5, 0.6) is 5.75 Å². The molecule has 0 aliphatic carbocycles. The third kappa shape index (κ3) is 6.73. The molecule has 8 nitrogen and oxygen atoms in total. The van der Waals surface area contributed by atoms with Crippen LogP contribution in [-0.2, 0) is 4.79 Å². The van der Waals surface area contributed by atoms with Crippen molar-refractivity contribution in [2.24, 2.45) is 16.6 Å². The molecule has 2 aromatic rings. The van der Waals surface area contributed by atoms with Gasteiger partial charge in [0.1, 0.15) is 5.75 Å². The number of hydrazine groups is 1. The average molecular weight is 501 g/mol. The van der Waals surface area contributed by atoms with Crippen molar-refractivity contribution < 1.29 is 9.53 Å². The zero-order valence-corrected chi connectivity index (χ0v) is 21.5. The van der Waals surface area contributed by atoms with E-state index in [1.807, 2.05) is 49.4 Å². The van der Waals surface area contributed by atoms with Gasteiger partial charge in [0, 0.05) is 28.4 Å². The van der Waals surface area contributed by atoms with Crippen molar-refractivity contribution in [3.05, 3.63) is 58.6 Å². The molecule has 0 saturated heterocycles. The number of methoxy groups -OCH3 is 1. The third-order valence-electron chi connectivity index (χ3n) is 6.40. The van der Waals surface area contributed by atoms with Gasteiger partial charge in [0.25, 0.3) is 0 Å². The molecule has 0 saturated carbocycles. The van der Waals surface area contributed by atoms with Crippen LogP contribution < -0.4 is 32.0 Å². The number of hydrogen-bond donors (Lipinski definition) is 4. The van der Waals surface area contributed by atoms with Gasteiger partial charge in [-0.2, -0.15) is 0 Å². The van der Waals surface area contributed by atoms with E-state index >= 15 is 0 Å². The van der Waals surface area contributed by atoms with Crippen molar-refractivity contribution in [1.82, 2.24) is 10.7 Å². The van der Waals surface area contributed by atoms with Gasteiger partial charge in [0.05, 0.1) is 37.5 Å². The summed E-state index contributed by atoms with van der Waals surface area (Å²) in [5.74, 6) is 6.59. The molecule has 3 rings (SSSR count). The summed E-state index contributed by atoms with van der Waals surface area (Å²) in [6.45, 7) is 5.38.